The lowest BCUT2D eigenvalue weighted by Crippen LogP contribution is -2.39. The number of aromatic nitrogens is 3. The van der Waals surface area contributed by atoms with Gasteiger partial charge >= 0.3 is 0 Å². The number of hydrogen-bond acceptors (Lipinski definition) is 6. The van der Waals surface area contributed by atoms with Crippen molar-refractivity contribution in [3.63, 3.8) is 0 Å². The van der Waals surface area contributed by atoms with Gasteiger partial charge in [-0.1, -0.05) is 11.6 Å². The summed E-state index contributed by atoms with van der Waals surface area (Å²) in [5, 5.41) is 6.68. The standard InChI is InChI=1S/C21H25ClN6O2/c1-23-17(29)12-30-15-7-5-13(6-8-15)20-26-19-18(16(22)10-24-21(19)27-20)25-14-4-3-9-28(2)11-14/h5-8,10,14H,3-4,9,11-12H2,1-2H3,(H,23,29)(H2,24,25,26,27). The summed E-state index contributed by atoms with van der Waals surface area (Å²) in [6, 6.07) is 7.73. The van der Waals surface area contributed by atoms with Crippen molar-refractivity contribution < 1.29 is 9.53 Å². The zero-order chi connectivity index (χ0) is 21.1. The molecule has 1 aromatic carbocycles. The van der Waals surface area contributed by atoms with Gasteiger partial charge in [0.1, 0.15) is 17.1 Å². The Labute approximate surface area is 180 Å². The Kier molecular flexibility index (Phi) is 6.06. The van der Waals surface area contributed by atoms with E-state index in [9.17, 15) is 4.79 Å². The highest BCUT2D eigenvalue weighted by molar-refractivity contribution is 6.34. The van der Waals surface area contributed by atoms with Crippen molar-refractivity contribution >= 4 is 34.4 Å². The lowest BCUT2D eigenvalue weighted by Gasteiger charge is -2.31. The first-order valence-electron chi connectivity index (χ1n) is 9.96. The zero-order valence-electron chi connectivity index (χ0n) is 17.0. The molecule has 0 bridgehead atoms. The number of imidazole rings is 1. The minimum Gasteiger partial charge on any atom is -0.484 e. The molecule has 1 amide bonds. The fourth-order valence-corrected chi connectivity index (χ4v) is 3.83. The van der Waals surface area contributed by atoms with Crippen LogP contribution >= 0.6 is 11.6 Å². The monoisotopic (exact) mass is 428 g/mol. The van der Waals surface area contributed by atoms with Gasteiger partial charge in [-0.3, -0.25) is 4.79 Å². The topological polar surface area (TPSA) is 95.2 Å². The Morgan fingerprint density at radius 2 is 2.17 bits per heavy atom. The summed E-state index contributed by atoms with van der Waals surface area (Å²) >= 11 is 6.47. The quantitative estimate of drug-likeness (QED) is 0.558. The van der Waals surface area contributed by atoms with Crippen LogP contribution in [-0.2, 0) is 4.79 Å². The van der Waals surface area contributed by atoms with Gasteiger partial charge in [0.25, 0.3) is 5.91 Å². The number of anilines is 1. The van der Waals surface area contributed by atoms with Crippen LogP contribution < -0.4 is 15.4 Å². The van der Waals surface area contributed by atoms with Gasteiger partial charge in [-0.15, -0.1) is 0 Å². The van der Waals surface area contributed by atoms with E-state index in [4.69, 9.17) is 16.3 Å². The van der Waals surface area contributed by atoms with Gasteiger partial charge in [-0.05, 0) is 50.7 Å². The number of carbonyl (C=O) groups excluding carboxylic acids is 1. The Balaban J connectivity index is 1.56. The number of piperidine rings is 1. The number of carbonyl (C=O) groups is 1. The molecule has 0 aliphatic carbocycles. The summed E-state index contributed by atoms with van der Waals surface area (Å²) in [4.78, 5) is 26.0. The van der Waals surface area contributed by atoms with Gasteiger partial charge in [0.2, 0.25) is 0 Å². The molecule has 30 heavy (non-hydrogen) atoms. The third-order valence-corrected chi connectivity index (χ3v) is 5.51. The van der Waals surface area contributed by atoms with E-state index in [1.165, 1.54) is 0 Å². The van der Waals surface area contributed by atoms with Crippen LogP contribution in [0.3, 0.4) is 0 Å². The second-order valence-corrected chi connectivity index (χ2v) is 7.90. The molecule has 3 aromatic rings. The number of nitrogens with one attached hydrogen (secondary N) is 3. The molecule has 1 aliphatic heterocycles. The maximum atomic E-state index is 11.3. The number of pyridine rings is 1. The molecule has 1 atom stereocenters. The van der Waals surface area contributed by atoms with Crippen LogP contribution in [0.1, 0.15) is 12.8 Å². The van der Waals surface area contributed by atoms with Gasteiger partial charge in [-0.2, -0.15) is 0 Å². The lowest BCUT2D eigenvalue weighted by atomic mass is 10.1. The summed E-state index contributed by atoms with van der Waals surface area (Å²) in [5.41, 5.74) is 3.14. The maximum absolute atomic E-state index is 11.3. The second kappa shape index (κ2) is 8.89. The maximum Gasteiger partial charge on any atom is 0.257 e. The van der Waals surface area contributed by atoms with Crippen LogP contribution in [0.15, 0.2) is 30.5 Å². The fraction of sp³-hybridized carbons (Fsp3) is 0.381. The molecular weight excluding hydrogens is 404 g/mol. The lowest BCUT2D eigenvalue weighted by molar-refractivity contribution is -0.122. The van der Waals surface area contributed by atoms with E-state index < -0.39 is 0 Å². The highest BCUT2D eigenvalue weighted by Crippen LogP contribution is 2.32. The summed E-state index contributed by atoms with van der Waals surface area (Å²) < 4.78 is 5.45. The van der Waals surface area contributed by atoms with E-state index in [0.717, 1.165) is 42.7 Å². The number of nitrogens with zero attached hydrogens (tertiary/aromatic N) is 3. The first-order valence-corrected chi connectivity index (χ1v) is 10.3. The third kappa shape index (κ3) is 4.49. The number of hydrogen-bond donors (Lipinski definition) is 3. The van der Waals surface area contributed by atoms with Crippen molar-refractivity contribution in [3.05, 3.63) is 35.5 Å². The number of halogens is 1. The minimum absolute atomic E-state index is 0.0196. The molecule has 3 heterocycles. The zero-order valence-corrected chi connectivity index (χ0v) is 17.8. The number of aromatic amines is 1. The average molecular weight is 429 g/mol. The normalized spacial score (nSPS) is 17.1. The van der Waals surface area contributed by atoms with Crippen molar-refractivity contribution in [2.45, 2.75) is 18.9 Å². The first kappa shape index (κ1) is 20.4. The van der Waals surface area contributed by atoms with E-state index in [0.29, 0.717) is 28.3 Å². The minimum atomic E-state index is -0.177. The van der Waals surface area contributed by atoms with Crippen molar-refractivity contribution in [3.8, 4) is 17.1 Å². The van der Waals surface area contributed by atoms with E-state index in [-0.39, 0.29) is 12.5 Å². The SMILES string of the molecule is CNC(=O)COc1ccc(-c2nc3ncc(Cl)c(NC4CCCN(C)C4)c3[nH]2)cc1. The molecule has 0 spiro atoms. The first-order chi connectivity index (χ1) is 14.5. The highest BCUT2D eigenvalue weighted by atomic mass is 35.5. The molecule has 8 nitrogen and oxygen atoms in total. The number of likely N-dealkylation sites (tertiary alicyclic amines) is 1. The van der Waals surface area contributed by atoms with Gasteiger partial charge in [0, 0.05) is 25.2 Å². The molecular formula is C21H25ClN6O2. The molecule has 2 aromatic heterocycles. The number of likely N-dealkylation sites (N-methyl/N-ethyl adjacent to an activating group) is 2. The Morgan fingerprint density at radius 3 is 2.90 bits per heavy atom. The van der Waals surface area contributed by atoms with Crippen molar-refractivity contribution in [2.24, 2.45) is 0 Å². The number of ether oxygens (including phenoxy) is 1. The number of H-pyrrole nitrogens is 1. The Morgan fingerprint density at radius 1 is 1.37 bits per heavy atom. The van der Waals surface area contributed by atoms with E-state index >= 15 is 0 Å². The number of rotatable bonds is 6. The van der Waals surface area contributed by atoms with E-state index in [2.05, 4.69) is 37.5 Å². The number of benzene rings is 1. The number of fused-ring (bicyclic) bond motifs is 1. The molecule has 9 heteroatoms. The Bertz CT molecular complexity index is 1040. The van der Waals surface area contributed by atoms with Crippen LogP contribution in [0, 0.1) is 0 Å². The molecule has 1 aliphatic rings. The summed E-state index contributed by atoms with van der Waals surface area (Å²) in [7, 11) is 3.71. The molecule has 0 radical (unpaired) electrons. The van der Waals surface area contributed by atoms with Gasteiger partial charge in [0.15, 0.2) is 12.3 Å². The van der Waals surface area contributed by atoms with Crippen LogP contribution in [0.2, 0.25) is 5.02 Å². The molecule has 1 saturated heterocycles. The molecule has 0 saturated carbocycles. The summed E-state index contributed by atoms with van der Waals surface area (Å²) in [6.07, 6.45) is 3.89. The smallest absolute Gasteiger partial charge is 0.257 e. The fourth-order valence-electron chi connectivity index (χ4n) is 3.63. The molecule has 4 rings (SSSR count). The molecule has 1 unspecified atom stereocenters. The average Bonchev–Trinajstić information content (AvgIpc) is 3.19. The number of amides is 1. The highest BCUT2D eigenvalue weighted by Gasteiger charge is 2.20. The predicted octanol–water partition coefficient (Wildman–Crippen LogP) is 2.91. The largest absolute Gasteiger partial charge is 0.484 e. The van der Waals surface area contributed by atoms with E-state index in [1.807, 2.05) is 24.3 Å². The van der Waals surface area contributed by atoms with Gasteiger partial charge in [-0.25, -0.2) is 9.97 Å². The van der Waals surface area contributed by atoms with Gasteiger partial charge in [0.05, 0.1) is 16.9 Å². The van der Waals surface area contributed by atoms with Crippen molar-refractivity contribution in [2.75, 3.05) is 39.1 Å². The molecule has 158 valence electrons. The molecule has 1 fully saturated rings. The van der Waals surface area contributed by atoms with Gasteiger partial charge < -0.3 is 25.3 Å². The van der Waals surface area contributed by atoms with Crippen LogP contribution in [-0.4, -0.2) is 65.6 Å². The van der Waals surface area contributed by atoms with Crippen molar-refractivity contribution in [1.29, 1.82) is 0 Å². The van der Waals surface area contributed by atoms with Crippen LogP contribution in [0.4, 0.5) is 5.69 Å². The van der Waals surface area contributed by atoms with Crippen LogP contribution in [0.5, 0.6) is 5.75 Å². The Hall–Kier alpha value is -2.84. The third-order valence-electron chi connectivity index (χ3n) is 5.22. The van der Waals surface area contributed by atoms with Crippen molar-refractivity contribution in [1.82, 2.24) is 25.2 Å². The predicted molar refractivity (Wildman–Crippen MR) is 118 cm³/mol. The van der Waals surface area contributed by atoms with Crippen LogP contribution in [0.25, 0.3) is 22.6 Å². The second-order valence-electron chi connectivity index (χ2n) is 7.50. The molecule has 3 N–H and O–H groups in total. The van der Waals surface area contributed by atoms with E-state index in [1.54, 1.807) is 13.2 Å². The summed E-state index contributed by atoms with van der Waals surface area (Å²) in [6.45, 7) is 2.07. The summed E-state index contributed by atoms with van der Waals surface area (Å²) in [5.74, 6) is 1.13.